The zero-order valence-electron chi connectivity index (χ0n) is 18.8. The van der Waals surface area contributed by atoms with E-state index in [0.29, 0.717) is 0 Å². The molecule has 0 nitrogen and oxygen atoms in total. The molecule has 0 amide bonds. The Hall–Kier alpha value is -2.08. The van der Waals surface area contributed by atoms with E-state index in [1.54, 1.807) is 22.3 Å². The van der Waals surface area contributed by atoms with Gasteiger partial charge in [-0.25, -0.2) is 0 Å². The second kappa shape index (κ2) is 8.34. The van der Waals surface area contributed by atoms with Crippen LogP contribution in [0, 0.1) is 0 Å². The predicted octanol–water partition coefficient (Wildman–Crippen LogP) is 8.11. The van der Waals surface area contributed by atoms with Crippen LogP contribution < -0.4 is 0 Å². The van der Waals surface area contributed by atoms with Crippen molar-refractivity contribution >= 4 is 0 Å². The zero-order chi connectivity index (χ0) is 20.4. The third kappa shape index (κ3) is 3.75. The molecule has 0 atom stereocenters. The van der Waals surface area contributed by atoms with Crippen LogP contribution in [-0.2, 0) is 24.7 Å². The van der Waals surface area contributed by atoms with Gasteiger partial charge in [0.05, 0.1) is 0 Å². The number of hydrogen-bond acceptors (Lipinski definition) is 0. The molecule has 29 heavy (non-hydrogen) atoms. The van der Waals surface area contributed by atoms with Crippen LogP contribution in [0.5, 0.6) is 0 Å². The minimum Gasteiger partial charge on any atom is -0.0804 e. The molecule has 0 aliphatic heterocycles. The predicted molar refractivity (Wildman–Crippen MR) is 127 cm³/mol. The molecule has 0 heteroatoms. The summed E-state index contributed by atoms with van der Waals surface area (Å²) in [6.45, 7) is 9.48. The summed E-state index contributed by atoms with van der Waals surface area (Å²) in [5.74, 6) is 0. The van der Waals surface area contributed by atoms with Gasteiger partial charge in [0.25, 0.3) is 0 Å². The lowest BCUT2D eigenvalue weighted by Crippen LogP contribution is -2.24. The van der Waals surface area contributed by atoms with Crippen molar-refractivity contribution in [3.05, 3.63) is 82.0 Å². The smallest absolute Gasteiger partial charge is 0.0117 e. The Morgan fingerprint density at radius 3 is 2.38 bits per heavy atom. The normalized spacial score (nSPS) is 14.8. The van der Waals surface area contributed by atoms with E-state index < -0.39 is 0 Å². The summed E-state index contributed by atoms with van der Waals surface area (Å²) in [5.41, 5.74) is 12.4. The molecule has 2 aromatic carbocycles. The highest BCUT2D eigenvalue weighted by Gasteiger charge is 2.34. The largest absolute Gasteiger partial charge is 0.0804 e. The highest BCUT2D eigenvalue weighted by atomic mass is 14.4. The van der Waals surface area contributed by atoms with E-state index in [9.17, 15) is 0 Å². The molecule has 2 aliphatic rings. The van der Waals surface area contributed by atoms with Crippen LogP contribution in [0.15, 0.2) is 54.1 Å². The van der Waals surface area contributed by atoms with Crippen LogP contribution in [0.25, 0.3) is 11.1 Å². The van der Waals surface area contributed by atoms with Crippen molar-refractivity contribution in [3.8, 4) is 11.1 Å². The lowest BCUT2D eigenvalue weighted by molar-refractivity contribution is 0.596. The van der Waals surface area contributed by atoms with E-state index in [2.05, 4.69) is 76.3 Å². The summed E-state index contributed by atoms with van der Waals surface area (Å²) < 4.78 is 0. The van der Waals surface area contributed by atoms with Crippen LogP contribution >= 0.6 is 0 Å². The van der Waals surface area contributed by atoms with Gasteiger partial charge in [-0.3, -0.25) is 0 Å². The Kier molecular flexibility index (Phi) is 5.81. The lowest BCUT2D eigenvalue weighted by atomic mass is 9.71. The molecular formula is C29H36. The van der Waals surface area contributed by atoms with Crippen molar-refractivity contribution in [1.29, 1.82) is 0 Å². The summed E-state index contributed by atoms with van der Waals surface area (Å²) in [6.07, 6.45) is 16.6. The summed E-state index contributed by atoms with van der Waals surface area (Å²) in [5, 5.41) is 0. The molecule has 0 spiro atoms. The maximum Gasteiger partial charge on any atom is 0.0117 e. The second-order valence-electron chi connectivity index (χ2n) is 9.45. The maximum absolute atomic E-state index is 2.49. The van der Waals surface area contributed by atoms with Gasteiger partial charge in [0.15, 0.2) is 0 Å². The minimum absolute atomic E-state index is 0.0883. The molecule has 0 heterocycles. The van der Waals surface area contributed by atoms with E-state index in [1.807, 2.05) is 0 Å². The van der Waals surface area contributed by atoms with Crippen LogP contribution in [0.1, 0.15) is 87.6 Å². The third-order valence-corrected chi connectivity index (χ3v) is 7.04. The molecular weight excluding hydrogens is 348 g/mol. The highest BCUT2D eigenvalue weighted by Crippen LogP contribution is 2.47. The van der Waals surface area contributed by atoms with Crippen molar-refractivity contribution in [2.75, 3.05) is 0 Å². The number of hydrogen-bond donors (Lipinski definition) is 0. The number of aryl methyl sites for hydroxylation is 2. The fraction of sp³-hybridized carbons (Fsp3) is 0.448. The average molecular weight is 385 g/mol. The van der Waals surface area contributed by atoms with Crippen LogP contribution in [-0.4, -0.2) is 0 Å². The van der Waals surface area contributed by atoms with Gasteiger partial charge in [0.2, 0.25) is 0 Å². The van der Waals surface area contributed by atoms with E-state index >= 15 is 0 Å². The summed E-state index contributed by atoms with van der Waals surface area (Å²) in [4.78, 5) is 0. The van der Waals surface area contributed by atoms with Gasteiger partial charge in [-0.1, -0.05) is 94.7 Å². The maximum atomic E-state index is 2.49. The Labute approximate surface area is 177 Å². The Morgan fingerprint density at radius 2 is 1.66 bits per heavy atom. The first-order valence-corrected chi connectivity index (χ1v) is 11.7. The van der Waals surface area contributed by atoms with E-state index in [1.165, 1.54) is 60.8 Å². The topological polar surface area (TPSA) is 0 Å². The quantitative estimate of drug-likeness (QED) is 0.368. The van der Waals surface area contributed by atoms with E-state index in [4.69, 9.17) is 0 Å². The number of fused-ring (bicyclic) bond motifs is 3. The molecule has 0 unspecified atom stereocenters. The van der Waals surface area contributed by atoms with Gasteiger partial charge < -0.3 is 0 Å². The molecule has 4 rings (SSSR count). The first-order chi connectivity index (χ1) is 14.1. The summed E-state index contributed by atoms with van der Waals surface area (Å²) in [6, 6.07) is 12.1. The third-order valence-electron chi connectivity index (χ3n) is 7.04. The van der Waals surface area contributed by atoms with Crippen molar-refractivity contribution in [2.24, 2.45) is 0 Å². The number of rotatable bonds is 8. The zero-order valence-corrected chi connectivity index (χ0v) is 18.8. The van der Waals surface area contributed by atoms with Gasteiger partial charge in [0, 0.05) is 5.41 Å². The first kappa shape index (κ1) is 20.2. The SMILES string of the molecule is CCCCc1ccc2c(c1)Cc1c-2ccc(CCCC)c1C(C)(C)C1=CC=CC1. The first-order valence-electron chi connectivity index (χ1n) is 11.7. The Balaban J connectivity index is 1.79. The van der Waals surface area contributed by atoms with Crippen molar-refractivity contribution in [3.63, 3.8) is 0 Å². The standard InChI is InChI=1S/C29H36/c1-5-7-11-21-15-17-25-23(19-21)20-27-26(25)18-16-22(12-8-6-2)28(27)29(3,4)24-13-9-10-14-24/h9-10,13,15-19H,5-8,11-12,14,20H2,1-4H3. The monoisotopic (exact) mass is 384 g/mol. The molecule has 0 N–H and O–H groups in total. The van der Waals surface area contributed by atoms with Gasteiger partial charge in [-0.15, -0.1) is 0 Å². The molecule has 0 bridgehead atoms. The van der Waals surface area contributed by atoms with Crippen molar-refractivity contribution < 1.29 is 0 Å². The second-order valence-corrected chi connectivity index (χ2v) is 9.45. The van der Waals surface area contributed by atoms with Gasteiger partial charge >= 0.3 is 0 Å². The van der Waals surface area contributed by atoms with E-state index in [-0.39, 0.29) is 5.41 Å². The van der Waals surface area contributed by atoms with Gasteiger partial charge in [-0.05, 0) is 77.5 Å². The molecule has 2 aromatic rings. The van der Waals surface area contributed by atoms with Gasteiger partial charge in [-0.2, -0.15) is 0 Å². The molecule has 0 radical (unpaired) electrons. The lowest BCUT2D eigenvalue weighted by Gasteiger charge is -2.32. The van der Waals surface area contributed by atoms with Crippen LogP contribution in [0.3, 0.4) is 0 Å². The Morgan fingerprint density at radius 1 is 0.897 bits per heavy atom. The van der Waals surface area contributed by atoms with Crippen molar-refractivity contribution in [1.82, 2.24) is 0 Å². The molecule has 0 fully saturated rings. The molecule has 152 valence electrons. The fourth-order valence-electron chi connectivity index (χ4n) is 5.34. The Bertz CT molecular complexity index is 952. The van der Waals surface area contributed by atoms with Gasteiger partial charge in [0.1, 0.15) is 0 Å². The highest BCUT2D eigenvalue weighted by molar-refractivity contribution is 5.80. The molecule has 0 saturated carbocycles. The van der Waals surface area contributed by atoms with Crippen molar-refractivity contribution in [2.45, 2.75) is 84.5 Å². The summed E-state index contributed by atoms with van der Waals surface area (Å²) >= 11 is 0. The summed E-state index contributed by atoms with van der Waals surface area (Å²) in [7, 11) is 0. The fourth-order valence-corrected chi connectivity index (χ4v) is 5.34. The number of allylic oxidation sites excluding steroid dienone is 4. The molecule has 0 aromatic heterocycles. The number of unbranched alkanes of at least 4 members (excludes halogenated alkanes) is 2. The molecule has 2 aliphatic carbocycles. The average Bonchev–Trinajstić information content (AvgIpc) is 3.38. The van der Waals surface area contributed by atoms with Crippen LogP contribution in [0.4, 0.5) is 0 Å². The number of benzene rings is 2. The van der Waals surface area contributed by atoms with E-state index in [0.717, 1.165) is 12.8 Å². The minimum atomic E-state index is 0.0883. The van der Waals surface area contributed by atoms with Crippen LogP contribution in [0.2, 0.25) is 0 Å². The molecule has 0 saturated heterocycles.